The fraction of sp³-hybridized carbons (Fsp3) is 0.808. The van der Waals surface area contributed by atoms with Gasteiger partial charge in [0.05, 0.1) is 23.9 Å². The number of Topliss-reactive ketones (excluding diaryl/α,β-unsaturated/α-hetero) is 1. The van der Waals surface area contributed by atoms with E-state index in [-0.39, 0.29) is 11.3 Å². The molecule has 4 aliphatic carbocycles. The molecule has 4 aliphatic rings. The number of carbonyl (C=O) groups is 1. The molecule has 5 rings (SSSR count). The summed E-state index contributed by atoms with van der Waals surface area (Å²) >= 11 is 0. The predicted octanol–water partition coefficient (Wildman–Crippen LogP) is 4.73. The molecule has 5 nitrogen and oxygen atoms in total. The van der Waals surface area contributed by atoms with Gasteiger partial charge in [-0.05, 0) is 99.7 Å². The summed E-state index contributed by atoms with van der Waals surface area (Å²) in [4.78, 5) is 13.3. The van der Waals surface area contributed by atoms with Crippen molar-refractivity contribution in [2.75, 3.05) is 0 Å². The number of carbonyl (C=O) groups excluding carboxylic acids is 1. The maximum Gasteiger partial charge on any atom is 0.157 e. The number of nitrogens with zero attached hydrogens (tertiary/aromatic N) is 3. The Hall–Kier alpha value is -1.67. The van der Waals surface area contributed by atoms with Crippen LogP contribution >= 0.6 is 0 Å². The minimum Gasteiger partial charge on any atom is -0.390 e. The third-order valence-corrected chi connectivity index (χ3v) is 9.94. The minimum atomic E-state index is -0.474. The summed E-state index contributed by atoms with van der Waals surface area (Å²) in [5.41, 5.74) is 0.160. The lowest BCUT2D eigenvalue weighted by molar-refractivity contribution is -0.131. The van der Waals surface area contributed by atoms with Crippen molar-refractivity contribution < 1.29 is 9.90 Å². The highest BCUT2D eigenvalue weighted by atomic mass is 16.3. The standard InChI is InChI=1S/C26H37N3O2/c1-25(31)10-3-4-19-18(12-25)5-6-21-20(19)9-11-26(2)22(21)7-8-23(26)24(30)16-29-15-17(13-27)14-28-29/h14-15,18-23,31H,3-12,16H2,1-2H3/t18-,19+,20-,21-,22+,23-,25-,26+/m1/s1. The van der Waals surface area contributed by atoms with Crippen molar-refractivity contribution in [2.24, 2.45) is 40.9 Å². The van der Waals surface area contributed by atoms with Crippen LogP contribution in [0, 0.1) is 52.3 Å². The number of aliphatic hydroxyl groups is 1. The maximum absolute atomic E-state index is 13.3. The first-order valence-corrected chi connectivity index (χ1v) is 12.5. The van der Waals surface area contributed by atoms with Crippen LogP contribution < -0.4 is 0 Å². The molecule has 0 saturated heterocycles. The highest BCUT2D eigenvalue weighted by Gasteiger charge is 2.58. The van der Waals surface area contributed by atoms with Crippen molar-refractivity contribution >= 4 is 5.78 Å². The average molecular weight is 424 g/mol. The second-order valence-electron chi connectivity index (χ2n) is 11.7. The van der Waals surface area contributed by atoms with Crippen LogP contribution in [-0.4, -0.2) is 26.3 Å². The largest absolute Gasteiger partial charge is 0.390 e. The average Bonchev–Trinajstić information content (AvgIpc) is 3.28. The quantitative estimate of drug-likeness (QED) is 0.762. The normalized spacial score (nSPS) is 44.5. The Morgan fingerprint density at radius 2 is 2.00 bits per heavy atom. The van der Waals surface area contributed by atoms with Crippen LogP contribution in [0.1, 0.15) is 83.6 Å². The van der Waals surface area contributed by atoms with E-state index in [1.54, 1.807) is 17.1 Å². The van der Waals surface area contributed by atoms with Gasteiger partial charge < -0.3 is 5.11 Å². The summed E-state index contributed by atoms with van der Waals surface area (Å²) in [7, 11) is 0. The summed E-state index contributed by atoms with van der Waals surface area (Å²) in [6.07, 6.45) is 14.8. The molecular formula is C26H37N3O2. The second kappa shape index (κ2) is 7.73. The lowest BCUT2D eigenvalue weighted by Gasteiger charge is -2.54. The number of hydrogen-bond acceptors (Lipinski definition) is 4. The van der Waals surface area contributed by atoms with Gasteiger partial charge >= 0.3 is 0 Å². The summed E-state index contributed by atoms with van der Waals surface area (Å²) in [5.74, 6) is 4.12. The van der Waals surface area contributed by atoms with E-state index in [9.17, 15) is 9.90 Å². The molecule has 0 unspecified atom stereocenters. The SMILES string of the molecule is C[C@@]1(O)CCC[C@H]2[C@H](CC[C@@H]3[C@@H]2CC[C@]2(C)[C@@H](C(=O)Cn4cc(C#N)cn4)CC[C@@H]32)C1. The Balaban J connectivity index is 1.31. The third-order valence-electron chi connectivity index (χ3n) is 9.94. The molecule has 0 aromatic carbocycles. The topological polar surface area (TPSA) is 78.9 Å². The maximum atomic E-state index is 13.3. The molecule has 4 fully saturated rings. The summed E-state index contributed by atoms with van der Waals surface area (Å²) < 4.78 is 1.64. The van der Waals surface area contributed by atoms with Gasteiger partial charge in [-0.15, -0.1) is 0 Å². The van der Waals surface area contributed by atoms with Gasteiger partial charge in [0.25, 0.3) is 0 Å². The Morgan fingerprint density at radius 3 is 2.77 bits per heavy atom. The monoisotopic (exact) mass is 423 g/mol. The predicted molar refractivity (Wildman–Crippen MR) is 118 cm³/mol. The molecule has 1 N–H and O–H groups in total. The lowest BCUT2D eigenvalue weighted by Crippen LogP contribution is -2.48. The van der Waals surface area contributed by atoms with Gasteiger partial charge in [-0.2, -0.15) is 10.4 Å². The van der Waals surface area contributed by atoms with Gasteiger partial charge in [-0.1, -0.05) is 13.3 Å². The number of rotatable bonds is 3. The number of hydrogen-bond donors (Lipinski definition) is 1. The van der Waals surface area contributed by atoms with Gasteiger partial charge in [-0.3, -0.25) is 9.48 Å². The smallest absolute Gasteiger partial charge is 0.157 e. The van der Waals surface area contributed by atoms with E-state index >= 15 is 0 Å². The van der Waals surface area contributed by atoms with Crippen LogP contribution in [0.15, 0.2) is 12.4 Å². The summed E-state index contributed by atoms with van der Waals surface area (Å²) in [6.45, 7) is 4.74. The van der Waals surface area contributed by atoms with Gasteiger partial charge in [0.2, 0.25) is 0 Å². The molecule has 0 radical (unpaired) electrons. The molecule has 1 aromatic heterocycles. The van der Waals surface area contributed by atoms with Crippen LogP contribution in [0.25, 0.3) is 0 Å². The van der Waals surface area contributed by atoms with Crippen LogP contribution in [0.2, 0.25) is 0 Å². The second-order valence-corrected chi connectivity index (χ2v) is 11.7. The fourth-order valence-electron chi connectivity index (χ4n) is 8.63. The van der Waals surface area contributed by atoms with Crippen LogP contribution in [-0.2, 0) is 11.3 Å². The van der Waals surface area contributed by atoms with E-state index in [1.807, 2.05) is 6.92 Å². The zero-order valence-electron chi connectivity index (χ0n) is 19.1. The zero-order chi connectivity index (χ0) is 21.8. The van der Waals surface area contributed by atoms with E-state index in [4.69, 9.17) is 5.26 Å². The van der Waals surface area contributed by atoms with Gasteiger partial charge in [-0.25, -0.2) is 0 Å². The fourth-order valence-corrected chi connectivity index (χ4v) is 8.63. The molecule has 31 heavy (non-hydrogen) atoms. The van der Waals surface area contributed by atoms with E-state index in [0.717, 1.165) is 49.9 Å². The molecule has 0 aliphatic heterocycles. The molecule has 0 amide bonds. The van der Waals surface area contributed by atoms with Crippen LogP contribution in [0.5, 0.6) is 0 Å². The van der Waals surface area contributed by atoms with Crippen molar-refractivity contribution in [3.8, 4) is 6.07 Å². The van der Waals surface area contributed by atoms with Crippen molar-refractivity contribution in [1.82, 2.24) is 9.78 Å². The first kappa shape index (κ1) is 21.2. The third kappa shape index (κ3) is 3.65. The molecular weight excluding hydrogens is 386 g/mol. The van der Waals surface area contributed by atoms with Gasteiger partial charge in [0.15, 0.2) is 5.78 Å². The minimum absolute atomic E-state index is 0.118. The zero-order valence-corrected chi connectivity index (χ0v) is 19.1. The number of aromatic nitrogens is 2. The first-order chi connectivity index (χ1) is 14.8. The number of ketones is 1. The van der Waals surface area contributed by atoms with E-state index in [2.05, 4.69) is 18.1 Å². The highest BCUT2D eigenvalue weighted by molar-refractivity contribution is 5.82. The Bertz CT molecular complexity index is 883. The van der Waals surface area contributed by atoms with Crippen molar-refractivity contribution in [2.45, 2.75) is 90.2 Å². The van der Waals surface area contributed by atoms with Gasteiger partial charge in [0, 0.05) is 12.1 Å². The lowest BCUT2D eigenvalue weighted by atomic mass is 9.50. The number of nitriles is 1. The van der Waals surface area contributed by atoms with Crippen molar-refractivity contribution in [3.05, 3.63) is 18.0 Å². The highest BCUT2D eigenvalue weighted by Crippen LogP contribution is 2.64. The van der Waals surface area contributed by atoms with Crippen LogP contribution in [0.4, 0.5) is 0 Å². The molecule has 1 heterocycles. The van der Waals surface area contributed by atoms with Crippen molar-refractivity contribution in [3.63, 3.8) is 0 Å². The Morgan fingerprint density at radius 1 is 1.16 bits per heavy atom. The van der Waals surface area contributed by atoms with Crippen LogP contribution in [0.3, 0.4) is 0 Å². The number of fused-ring (bicyclic) bond motifs is 5. The van der Waals surface area contributed by atoms with Gasteiger partial charge in [0.1, 0.15) is 6.07 Å². The van der Waals surface area contributed by atoms with E-state index < -0.39 is 5.60 Å². The molecule has 0 spiro atoms. The van der Waals surface area contributed by atoms with E-state index in [0.29, 0.717) is 29.7 Å². The Labute approximate surface area is 186 Å². The molecule has 8 atom stereocenters. The van der Waals surface area contributed by atoms with Crippen molar-refractivity contribution in [1.29, 1.82) is 5.26 Å². The first-order valence-electron chi connectivity index (χ1n) is 12.5. The molecule has 5 heteroatoms. The summed E-state index contributed by atoms with van der Waals surface area (Å²) in [6, 6.07) is 2.10. The summed E-state index contributed by atoms with van der Waals surface area (Å²) in [5, 5.41) is 24.0. The molecule has 4 saturated carbocycles. The Kier molecular flexibility index (Phi) is 5.28. The molecule has 0 bridgehead atoms. The molecule has 168 valence electrons. The molecule has 1 aromatic rings. The van der Waals surface area contributed by atoms with E-state index in [1.165, 1.54) is 32.1 Å².